The summed E-state index contributed by atoms with van der Waals surface area (Å²) in [7, 11) is 0. The van der Waals surface area contributed by atoms with Crippen molar-refractivity contribution in [1.82, 2.24) is 0 Å². The zero-order chi connectivity index (χ0) is 14.3. The van der Waals surface area contributed by atoms with E-state index >= 15 is 0 Å². The Hall–Kier alpha value is -1.83. The summed E-state index contributed by atoms with van der Waals surface area (Å²) < 4.78 is 0. The van der Waals surface area contributed by atoms with Gasteiger partial charge in [0, 0.05) is 11.8 Å². The third-order valence-electron chi connectivity index (χ3n) is 2.51. The highest BCUT2D eigenvalue weighted by atomic mass is 14.8. The Morgan fingerprint density at radius 3 is 2.11 bits per heavy atom. The smallest absolute Gasteiger partial charge is 0.129 e. The molecule has 0 radical (unpaired) electrons. The van der Waals surface area contributed by atoms with Gasteiger partial charge in [0.2, 0.25) is 0 Å². The van der Waals surface area contributed by atoms with Crippen LogP contribution >= 0.6 is 0 Å². The molecule has 0 heterocycles. The fourth-order valence-corrected chi connectivity index (χ4v) is 1.58. The second-order valence-electron chi connectivity index (χ2n) is 5.04. The van der Waals surface area contributed by atoms with E-state index in [1.165, 1.54) is 5.57 Å². The Balaban J connectivity index is 4.88. The van der Waals surface area contributed by atoms with Crippen molar-refractivity contribution in [3.8, 4) is 0 Å². The van der Waals surface area contributed by atoms with E-state index in [0.29, 0.717) is 11.4 Å². The van der Waals surface area contributed by atoms with Gasteiger partial charge in [0.1, 0.15) is 5.84 Å². The summed E-state index contributed by atoms with van der Waals surface area (Å²) in [6, 6.07) is 0. The van der Waals surface area contributed by atoms with Crippen molar-refractivity contribution in [1.29, 1.82) is 0 Å². The van der Waals surface area contributed by atoms with E-state index in [1.54, 1.807) is 12.3 Å². The standard InChI is InChI=1S/C16H24N2/c1-8-12(3)15(17)18-11-10-13(4)14(9-2)16(5,6)7/h8-11H,1,3-4H2,2,5-7H3,(H2,17,18)/b11-10-,14-9+. The third kappa shape index (κ3) is 5.00. The monoisotopic (exact) mass is 244 g/mol. The van der Waals surface area contributed by atoms with Crippen LogP contribution in [0.1, 0.15) is 27.7 Å². The maximum Gasteiger partial charge on any atom is 0.129 e. The van der Waals surface area contributed by atoms with E-state index in [4.69, 9.17) is 5.73 Å². The van der Waals surface area contributed by atoms with Gasteiger partial charge in [0.15, 0.2) is 0 Å². The molecule has 0 amide bonds. The van der Waals surface area contributed by atoms with Crippen molar-refractivity contribution in [2.24, 2.45) is 16.1 Å². The fourth-order valence-electron chi connectivity index (χ4n) is 1.58. The number of aliphatic imine (C=N–C) groups is 1. The van der Waals surface area contributed by atoms with Crippen LogP contribution in [0.25, 0.3) is 0 Å². The van der Waals surface area contributed by atoms with Crippen molar-refractivity contribution in [2.75, 3.05) is 0 Å². The van der Waals surface area contributed by atoms with Gasteiger partial charge in [-0.15, -0.1) is 0 Å². The average Bonchev–Trinajstić information content (AvgIpc) is 2.26. The summed E-state index contributed by atoms with van der Waals surface area (Å²) in [5, 5.41) is 0. The van der Waals surface area contributed by atoms with E-state index < -0.39 is 0 Å². The lowest BCUT2D eigenvalue weighted by Crippen LogP contribution is -2.12. The zero-order valence-electron chi connectivity index (χ0n) is 12.0. The van der Waals surface area contributed by atoms with Crippen molar-refractivity contribution < 1.29 is 0 Å². The molecule has 0 aliphatic carbocycles. The summed E-state index contributed by atoms with van der Waals surface area (Å²) in [4.78, 5) is 4.09. The Kier molecular flexibility index (Phi) is 6.11. The molecule has 0 bridgehead atoms. The lowest BCUT2D eigenvalue weighted by molar-refractivity contribution is 0.512. The van der Waals surface area contributed by atoms with E-state index in [0.717, 1.165) is 5.57 Å². The van der Waals surface area contributed by atoms with Gasteiger partial charge in [-0.3, -0.25) is 0 Å². The van der Waals surface area contributed by atoms with E-state index in [-0.39, 0.29) is 5.41 Å². The van der Waals surface area contributed by atoms with Crippen LogP contribution in [-0.4, -0.2) is 5.84 Å². The highest BCUT2D eigenvalue weighted by Crippen LogP contribution is 2.30. The first-order chi connectivity index (χ1) is 8.23. The molecule has 0 unspecified atom stereocenters. The number of nitrogens with zero attached hydrogens (tertiary/aromatic N) is 1. The van der Waals surface area contributed by atoms with Crippen LogP contribution in [-0.2, 0) is 0 Å². The maximum absolute atomic E-state index is 5.69. The van der Waals surface area contributed by atoms with E-state index in [1.807, 2.05) is 13.0 Å². The minimum atomic E-state index is 0.0656. The van der Waals surface area contributed by atoms with Gasteiger partial charge in [-0.25, -0.2) is 4.99 Å². The van der Waals surface area contributed by atoms with Crippen LogP contribution in [0, 0.1) is 5.41 Å². The van der Waals surface area contributed by atoms with Crippen LogP contribution in [0.4, 0.5) is 0 Å². The lowest BCUT2D eigenvalue weighted by Gasteiger charge is -2.23. The fraction of sp³-hybridized carbons (Fsp3) is 0.312. The summed E-state index contributed by atoms with van der Waals surface area (Å²) in [6.45, 7) is 19.8. The van der Waals surface area contributed by atoms with Crippen LogP contribution in [0.5, 0.6) is 0 Å². The van der Waals surface area contributed by atoms with Gasteiger partial charge in [0.05, 0.1) is 0 Å². The van der Waals surface area contributed by atoms with Gasteiger partial charge in [-0.1, -0.05) is 52.7 Å². The molecule has 0 rings (SSSR count). The number of rotatable bonds is 5. The molecule has 0 saturated carbocycles. The van der Waals surface area contributed by atoms with Gasteiger partial charge in [-0.2, -0.15) is 0 Å². The third-order valence-corrected chi connectivity index (χ3v) is 2.51. The second-order valence-corrected chi connectivity index (χ2v) is 5.04. The second kappa shape index (κ2) is 6.80. The van der Waals surface area contributed by atoms with Crippen LogP contribution in [0.2, 0.25) is 0 Å². The van der Waals surface area contributed by atoms with Crippen LogP contribution in [0.15, 0.2) is 65.9 Å². The largest absolute Gasteiger partial charge is 0.383 e. The molecule has 2 nitrogen and oxygen atoms in total. The molecule has 0 aromatic carbocycles. The Bertz CT molecular complexity index is 427. The first-order valence-electron chi connectivity index (χ1n) is 5.91. The molecule has 0 atom stereocenters. The van der Waals surface area contributed by atoms with Crippen molar-refractivity contribution >= 4 is 5.84 Å². The molecule has 0 fully saturated rings. The first kappa shape index (κ1) is 16.2. The first-order valence-corrected chi connectivity index (χ1v) is 5.91. The number of amidine groups is 1. The Labute approximate surface area is 111 Å². The van der Waals surface area contributed by atoms with Crippen LogP contribution < -0.4 is 5.73 Å². The van der Waals surface area contributed by atoms with Gasteiger partial charge in [-0.05, 0) is 29.6 Å². The van der Waals surface area contributed by atoms with Crippen molar-refractivity contribution in [2.45, 2.75) is 27.7 Å². The highest BCUT2D eigenvalue weighted by molar-refractivity contribution is 5.99. The summed E-state index contributed by atoms with van der Waals surface area (Å²) in [6.07, 6.45) is 7.14. The topological polar surface area (TPSA) is 38.4 Å². The number of hydrogen-bond acceptors (Lipinski definition) is 1. The molecular formula is C16H24N2. The number of hydrogen-bond donors (Lipinski definition) is 1. The van der Waals surface area contributed by atoms with Gasteiger partial charge in [0.25, 0.3) is 0 Å². The average molecular weight is 244 g/mol. The molecule has 0 saturated heterocycles. The van der Waals surface area contributed by atoms with Gasteiger partial charge >= 0.3 is 0 Å². The summed E-state index contributed by atoms with van der Waals surface area (Å²) in [5.74, 6) is 0.367. The summed E-state index contributed by atoms with van der Waals surface area (Å²) in [5.41, 5.74) is 8.50. The maximum atomic E-state index is 5.69. The molecule has 2 heteroatoms. The van der Waals surface area contributed by atoms with Gasteiger partial charge < -0.3 is 5.73 Å². The Morgan fingerprint density at radius 1 is 1.17 bits per heavy atom. The predicted octanol–water partition coefficient (Wildman–Crippen LogP) is 4.15. The molecule has 98 valence electrons. The molecule has 2 N–H and O–H groups in total. The Morgan fingerprint density at radius 2 is 1.72 bits per heavy atom. The predicted molar refractivity (Wildman–Crippen MR) is 82.5 cm³/mol. The minimum Gasteiger partial charge on any atom is -0.383 e. The molecule has 18 heavy (non-hydrogen) atoms. The molecule has 0 aliphatic heterocycles. The lowest BCUT2D eigenvalue weighted by atomic mass is 9.82. The van der Waals surface area contributed by atoms with E-state index in [9.17, 15) is 0 Å². The molecule has 0 aliphatic rings. The zero-order valence-corrected chi connectivity index (χ0v) is 12.0. The summed E-state index contributed by atoms with van der Waals surface area (Å²) >= 11 is 0. The van der Waals surface area contributed by atoms with E-state index in [2.05, 4.69) is 51.6 Å². The quantitative estimate of drug-likeness (QED) is 0.440. The molecule has 0 aromatic heterocycles. The number of nitrogens with two attached hydrogens (primary N) is 1. The molecule has 0 aromatic rings. The number of allylic oxidation sites excluding steroid dienone is 4. The van der Waals surface area contributed by atoms with Crippen LogP contribution in [0.3, 0.4) is 0 Å². The minimum absolute atomic E-state index is 0.0656. The van der Waals surface area contributed by atoms with Crippen molar-refractivity contribution in [3.63, 3.8) is 0 Å². The molecule has 0 spiro atoms. The van der Waals surface area contributed by atoms with Crippen molar-refractivity contribution in [3.05, 3.63) is 60.9 Å². The normalized spacial score (nSPS) is 13.8. The molecular weight excluding hydrogens is 220 g/mol. The highest BCUT2D eigenvalue weighted by Gasteiger charge is 2.17. The SMILES string of the molecule is C=CC(=C)C(N)=N/C=C\C(=C)/C(=C\C)C(C)(C)C.